The second kappa shape index (κ2) is 7.42. The van der Waals surface area contributed by atoms with Crippen molar-refractivity contribution in [1.29, 1.82) is 0 Å². The Bertz CT molecular complexity index is 367. The number of methoxy groups -OCH3 is 2. The van der Waals surface area contributed by atoms with Gasteiger partial charge in [-0.3, -0.25) is 4.79 Å². The van der Waals surface area contributed by atoms with Crippen LogP contribution in [0, 0.1) is 0 Å². The molecule has 0 aromatic heterocycles. The molecule has 0 saturated carbocycles. The fraction of sp³-hybridized carbons (Fsp3) is 0.462. The maximum Gasteiger partial charge on any atom is 0.309 e. The highest BCUT2D eigenvalue weighted by atomic mass is 16.5. The van der Waals surface area contributed by atoms with Gasteiger partial charge in [-0.15, -0.1) is 0 Å². The summed E-state index contributed by atoms with van der Waals surface area (Å²) in [7, 11) is 3.10. The second-order valence-corrected chi connectivity index (χ2v) is 3.40. The minimum atomic E-state index is -0.286. The first kappa shape index (κ1) is 14.2. The highest BCUT2D eigenvalue weighted by Gasteiger charge is 2.12. The summed E-state index contributed by atoms with van der Waals surface area (Å²) in [5.74, 6) is 1.34. The lowest BCUT2D eigenvalue weighted by Crippen LogP contribution is -2.10. The molecular formula is C13H18O5. The molecule has 0 aliphatic carbocycles. The Morgan fingerprint density at radius 2 is 1.78 bits per heavy atom. The van der Waals surface area contributed by atoms with Gasteiger partial charge in [0, 0.05) is 0 Å². The quantitative estimate of drug-likeness (QED) is 0.697. The van der Waals surface area contributed by atoms with Crippen molar-refractivity contribution >= 4 is 5.97 Å². The van der Waals surface area contributed by atoms with E-state index < -0.39 is 0 Å². The highest BCUT2D eigenvalue weighted by Crippen LogP contribution is 2.36. The number of hydrogen-bond donors (Lipinski definition) is 0. The summed E-state index contributed by atoms with van der Waals surface area (Å²) < 4.78 is 20.7. The van der Waals surface area contributed by atoms with Crippen molar-refractivity contribution in [3.05, 3.63) is 18.2 Å². The Balaban J connectivity index is 2.62. The van der Waals surface area contributed by atoms with E-state index in [2.05, 4.69) is 0 Å². The summed E-state index contributed by atoms with van der Waals surface area (Å²) in [5.41, 5.74) is 0. The summed E-state index contributed by atoms with van der Waals surface area (Å²) in [6, 6.07) is 5.33. The van der Waals surface area contributed by atoms with Crippen LogP contribution >= 0.6 is 0 Å². The van der Waals surface area contributed by atoms with Crippen LogP contribution in [-0.2, 0) is 9.53 Å². The third kappa shape index (κ3) is 3.84. The minimum absolute atomic E-state index is 0.190. The normalized spacial score (nSPS) is 9.72. The molecular weight excluding hydrogens is 236 g/mol. The Kier molecular flexibility index (Phi) is 5.84. The summed E-state index contributed by atoms with van der Waals surface area (Å²) in [4.78, 5) is 11.2. The van der Waals surface area contributed by atoms with Gasteiger partial charge in [0.1, 0.15) is 0 Å². The molecule has 0 atom stereocenters. The molecule has 1 aromatic rings. The van der Waals surface area contributed by atoms with E-state index in [1.165, 1.54) is 0 Å². The van der Waals surface area contributed by atoms with Crippen LogP contribution in [0.25, 0.3) is 0 Å². The Morgan fingerprint density at radius 1 is 1.17 bits per heavy atom. The van der Waals surface area contributed by atoms with E-state index in [1.807, 2.05) is 0 Å². The molecule has 0 radical (unpaired) electrons. The lowest BCUT2D eigenvalue weighted by Gasteiger charge is -2.13. The van der Waals surface area contributed by atoms with E-state index in [4.69, 9.17) is 18.9 Å². The van der Waals surface area contributed by atoms with Crippen LogP contribution < -0.4 is 14.2 Å². The molecule has 0 amide bonds. The number of carbonyl (C=O) groups excluding carboxylic acids is 1. The minimum Gasteiger partial charge on any atom is -0.493 e. The largest absolute Gasteiger partial charge is 0.493 e. The summed E-state index contributed by atoms with van der Waals surface area (Å²) in [6.45, 7) is 2.36. The SMILES string of the molecule is CCOC(=O)CCOc1c(OC)cccc1OC. The van der Waals surface area contributed by atoms with Crippen molar-refractivity contribution in [3.63, 3.8) is 0 Å². The van der Waals surface area contributed by atoms with Crippen molar-refractivity contribution in [3.8, 4) is 17.2 Å². The van der Waals surface area contributed by atoms with Gasteiger partial charge in [0.05, 0.1) is 33.9 Å². The molecule has 0 fully saturated rings. The van der Waals surface area contributed by atoms with Crippen LogP contribution in [0.1, 0.15) is 13.3 Å². The third-order valence-electron chi connectivity index (χ3n) is 2.24. The zero-order chi connectivity index (χ0) is 13.4. The fourth-order valence-corrected chi connectivity index (χ4v) is 1.43. The number of esters is 1. The van der Waals surface area contributed by atoms with Gasteiger partial charge in [-0.2, -0.15) is 0 Å². The van der Waals surface area contributed by atoms with Gasteiger partial charge in [-0.05, 0) is 19.1 Å². The average molecular weight is 254 g/mol. The van der Waals surface area contributed by atoms with Gasteiger partial charge in [-0.25, -0.2) is 0 Å². The fourth-order valence-electron chi connectivity index (χ4n) is 1.43. The van der Waals surface area contributed by atoms with Crippen LogP contribution in [0.15, 0.2) is 18.2 Å². The predicted octanol–water partition coefficient (Wildman–Crippen LogP) is 2.04. The zero-order valence-electron chi connectivity index (χ0n) is 10.9. The number of para-hydroxylation sites is 1. The molecule has 1 aromatic carbocycles. The first-order valence-corrected chi connectivity index (χ1v) is 5.72. The number of rotatable bonds is 7. The highest BCUT2D eigenvalue weighted by molar-refractivity contribution is 5.69. The van der Waals surface area contributed by atoms with Crippen molar-refractivity contribution in [2.24, 2.45) is 0 Å². The molecule has 5 nitrogen and oxygen atoms in total. The molecule has 0 heterocycles. The van der Waals surface area contributed by atoms with Crippen molar-refractivity contribution in [2.45, 2.75) is 13.3 Å². The first-order chi connectivity index (χ1) is 8.72. The van der Waals surface area contributed by atoms with Crippen LogP contribution in [0.4, 0.5) is 0 Å². The number of ether oxygens (including phenoxy) is 4. The van der Waals surface area contributed by atoms with Crippen molar-refractivity contribution in [1.82, 2.24) is 0 Å². The van der Waals surface area contributed by atoms with Crippen LogP contribution in [-0.4, -0.2) is 33.4 Å². The predicted molar refractivity (Wildman–Crippen MR) is 66.3 cm³/mol. The Hall–Kier alpha value is -1.91. The molecule has 0 unspecified atom stereocenters. The molecule has 0 aliphatic heterocycles. The molecule has 100 valence electrons. The zero-order valence-corrected chi connectivity index (χ0v) is 10.9. The van der Waals surface area contributed by atoms with Crippen LogP contribution in [0.5, 0.6) is 17.2 Å². The lowest BCUT2D eigenvalue weighted by atomic mass is 10.3. The van der Waals surface area contributed by atoms with Gasteiger partial charge in [0.2, 0.25) is 5.75 Å². The smallest absolute Gasteiger partial charge is 0.309 e. The van der Waals surface area contributed by atoms with E-state index in [9.17, 15) is 4.79 Å². The van der Waals surface area contributed by atoms with Gasteiger partial charge in [-0.1, -0.05) is 6.07 Å². The van der Waals surface area contributed by atoms with E-state index in [0.29, 0.717) is 23.9 Å². The van der Waals surface area contributed by atoms with Gasteiger partial charge < -0.3 is 18.9 Å². The Labute approximate surface area is 107 Å². The van der Waals surface area contributed by atoms with Crippen molar-refractivity contribution < 1.29 is 23.7 Å². The third-order valence-corrected chi connectivity index (χ3v) is 2.24. The van der Waals surface area contributed by atoms with Crippen LogP contribution in [0.2, 0.25) is 0 Å². The standard InChI is InChI=1S/C13H18O5/c1-4-17-12(14)8-9-18-13-10(15-2)6-5-7-11(13)16-3/h5-7H,4,8-9H2,1-3H3. The number of carbonyl (C=O) groups is 1. The van der Waals surface area contributed by atoms with E-state index in [1.54, 1.807) is 39.3 Å². The lowest BCUT2D eigenvalue weighted by molar-refractivity contribution is -0.143. The summed E-state index contributed by atoms with van der Waals surface area (Å²) >= 11 is 0. The molecule has 0 aliphatic rings. The van der Waals surface area contributed by atoms with E-state index in [-0.39, 0.29) is 19.0 Å². The van der Waals surface area contributed by atoms with E-state index >= 15 is 0 Å². The number of hydrogen-bond acceptors (Lipinski definition) is 5. The monoisotopic (exact) mass is 254 g/mol. The van der Waals surface area contributed by atoms with Crippen molar-refractivity contribution in [2.75, 3.05) is 27.4 Å². The molecule has 18 heavy (non-hydrogen) atoms. The topological polar surface area (TPSA) is 54.0 Å². The second-order valence-electron chi connectivity index (χ2n) is 3.40. The van der Waals surface area contributed by atoms with E-state index in [0.717, 1.165) is 0 Å². The van der Waals surface area contributed by atoms with Gasteiger partial charge in [0.25, 0.3) is 0 Å². The summed E-state index contributed by atoms with van der Waals surface area (Å²) in [5, 5.41) is 0. The number of benzene rings is 1. The maximum atomic E-state index is 11.2. The Morgan fingerprint density at radius 3 is 2.28 bits per heavy atom. The molecule has 0 bridgehead atoms. The maximum absolute atomic E-state index is 11.2. The van der Waals surface area contributed by atoms with Gasteiger partial charge in [0.15, 0.2) is 11.5 Å². The van der Waals surface area contributed by atoms with Gasteiger partial charge >= 0.3 is 5.97 Å². The average Bonchev–Trinajstić information content (AvgIpc) is 2.39. The molecule has 0 spiro atoms. The molecule has 0 N–H and O–H groups in total. The first-order valence-electron chi connectivity index (χ1n) is 5.72. The molecule has 1 rings (SSSR count). The summed E-state index contributed by atoms with van der Waals surface area (Å²) in [6.07, 6.45) is 0.190. The molecule has 5 heteroatoms. The molecule has 0 saturated heterocycles. The van der Waals surface area contributed by atoms with Crippen LogP contribution in [0.3, 0.4) is 0 Å².